The molecule has 1 aromatic carbocycles. The molecule has 130 valence electrons. The van der Waals surface area contributed by atoms with E-state index in [2.05, 4.69) is 10.3 Å². The average Bonchev–Trinajstić information content (AvgIpc) is 2.87. The van der Waals surface area contributed by atoms with Gasteiger partial charge in [0.1, 0.15) is 11.4 Å². The van der Waals surface area contributed by atoms with Gasteiger partial charge in [0, 0.05) is 6.20 Å². The molecule has 2 aromatic heterocycles. The highest BCUT2D eigenvalue weighted by molar-refractivity contribution is 5.93. The van der Waals surface area contributed by atoms with E-state index in [4.69, 9.17) is 4.74 Å². The Morgan fingerprint density at radius 1 is 1.20 bits per heavy atom. The number of para-hydroxylation sites is 2. The van der Waals surface area contributed by atoms with Crippen LogP contribution >= 0.6 is 0 Å². The lowest BCUT2D eigenvalue weighted by Crippen LogP contribution is -2.17. The SMILES string of the molecule is Cc1nc2c(C)cccn2c1CC(=O)Nc1ccccc1OC(C)C. The van der Waals surface area contributed by atoms with Crippen LogP contribution in [0.2, 0.25) is 0 Å². The molecule has 0 saturated carbocycles. The molecule has 0 radical (unpaired) electrons. The molecule has 0 aliphatic rings. The Labute approximate surface area is 147 Å². The zero-order valence-electron chi connectivity index (χ0n) is 15.0. The number of fused-ring (bicyclic) bond motifs is 1. The molecule has 1 amide bonds. The minimum absolute atomic E-state index is 0.0436. The normalized spacial score (nSPS) is 11.1. The highest BCUT2D eigenvalue weighted by Crippen LogP contribution is 2.25. The van der Waals surface area contributed by atoms with Gasteiger partial charge in [0.05, 0.1) is 29.6 Å². The second kappa shape index (κ2) is 6.97. The van der Waals surface area contributed by atoms with Gasteiger partial charge in [-0.2, -0.15) is 0 Å². The van der Waals surface area contributed by atoms with Gasteiger partial charge in [-0.15, -0.1) is 0 Å². The molecule has 5 heteroatoms. The van der Waals surface area contributed by atoms with Crippen LogP contribution in [0.15, 0.2) is 42.6 Å². The van der Waals surface area contributed by atoms with Crippen LogP contribution in [0.25, 0.3) is 5.65 Å². The number of nitrogens with one attached hydrogen (secondary N) is 1. The Morgan fingerprint density at radius 3 is 2.72 bits per heavy atom. The number of carbonyl (C=O) groups is 1. The first-order valence-electron chi connectivity index (χ1n) is 8.44. The van der Waals surface area contributed by atoms with Crippen LogP contribution in [0.4, 0.5) is 5.69 Å². The molecule has 0 aliphatic heterocycles. The summed E-state index contributed by atoms with van der Waals surface area (Å²) in [5.74, 6) is 0.586. The number of aromatic nitrogens is 2. The summed E-state index contributed by atoms with van der Waals surface area (Å²) in [5, 5.41) is 2.96. The van der Waals surface area contributed by atoms with Gasteiger partial charge in [-0.3, -0.25) is 4.79 Å². The number of hydrogen-bond donors (Lipinski definition) is 1. The van der Waals surface area contributed by atoms with Crippen molar-refractivity contribution in [1.82, 2.24) is 9.38 Å². The van der Waals surface area contributed by atoms with E-state index in [1.165, 1.54) is 0 Å². The molecule has 0 bridgehead atoms. The van der Waals surface area contributed by atoms with Crippen LogP contribution in [0.1, 0.15) is 30.8 Å². The van der Waals surface area contributed by atoms with Gasteiger partial charge in [-0.25, -0.2) is 4.98 Å². The minimum Gasteiger partial charge on any atom is -0.489 e. The first-order valence-corrected chi connectivity index (χ1v) is 8.44. The third kappa shape index (κ3) is 3.65. The van der Waals surface area contributed by atoms with Gasteiger partial charge in [0.2, 0.25) is 5.91 Å². The van der Waals surface area contributed by atoms with Crippen molar-refractivity contribution in [2.75, 3.05) is 5.32 Å². The fourth-order valence-corrected chi connectivity index (χ4v) is 2.85. The monoisotopic (exact) mass is 337 g/mol. The van der Waals surface area contributed by atoms with Crippen molar-refractivity contribution in [3.05, 3.63) is 59.5 Å². The Morgan fingerprint density at radius 2 is 1.96 bits per heavy atom. The maximum Gasteiger partial charge on any atom is 0.230 e. The van der Waals surface area contributed by atoms with Crippen molar-refractivity contribution in [1.29, 1.82) is 0 Å². The third-order valence-electron chi connectivity index (χ3n) is 4.00. The Bertz CT molecular complexity index is 912. The molecule has 0 unspecified atom stereocenters. The quantitative estimate of drug-likeness (QED) is 0.768. The maximum atomic E-state index is 12.6. The number of benzene rings is 1. The summed E-state index contributed by atoms with van der Waals surface area (Å²) in [6.07, 6.45) is 2.25. The molecular weight excluding hydrogens is 314 g/mol. The standard InChI is InChI=1S/C20H23N3O2/c1-13(2)25-18-10-6-5-9-16(18)22-19(24)12-17-15(4)21-20-14(3)8-7-11-23(17)20/h5-11,13H,12H2,1-4H3,(H,22,24). The predicted octanol–water partition coefficient (Wildman–Crippen LogP) is 3.92. The molecule has 2 heterocycles. The lowest BCUT2D eigenvalue weighted by Gasteiger charge is -2.14. The van der Waals surface area contributed by atoms with Gasteiger partial charge in [-0.05, 0) is 51.5 Å². The van der Waals surface area contributed by atoms with E-state index >= 15 is 0 Å². The number of anilines is 1. The summed E-state index contributed by atoms with van der Waals surface area (Å²) in [5.41, 5.74) is 4.44. The van der Waals surface area contributed by atoms with E-state index < -0.39 is 0 Å². The van der Waals surface area contributed by atoms with Crippen molar-refractivity contribution in [3.8, 4) is 5.75 Å². The van der Waals surface area contributed by atoms with Crippen LogP contribution in [-0.4, -0.2) is 21.4 Å². The van der Waals surface area contributed by atoms with Crippen molar-refractivity contribution in [2.24, 2.45) is 0 Å². The summed E-state index contributed by atoms with van der Waals surface area (Å²) in [7, 11) is 0. The van der Waals surface area contributed by atoms with Crippen LogP contribution in [-0.2, 0) is 11.2 Å². The van der Waals surface area contributed by atoms with E-state index in [9.17, 15) is 4.79 Å². The van der Waals surface area contributed by atoms with Crippen molar-refractivity contribution in [3.63, 3.8) is 0 Å². The van der Waals surface area contributed by atoms with Gasteiger partial charge in [0.15, 0.2) is 0 Å². The number of imidazole rings is 1. The third-order valence-corrected chi connectivity index (χ3v) is 4.00. The predicted molar refractivity (Wildman–Crippen MR) is 99.2 cm³/mol. The number of ether oxygens (including phenoxy) is 1. The topological polar surface area (TPSA) is 55.6 Å². The van der Waals surface area contributed by atoms with E-state index in [1.807, 2.05) is 74.7 Å². The van der Waals surface area contributed by atoms with E-state index in [0.717, 1.165) is 22.6 Å². The number of nitrogens with zero attached hydrogens (tertiary/aromatic N) is 2. The zero-order valence-corrected chi connectivity index (χ0v) is 15.0. The van der Waals surface area contributed by atoms with E-state index in [1.54, 1.807) is 0 Å². The molecule has 0 fully saturated rings. The van der Waals surface area contributed by atoms with Crippen LogP contribution in [0.3, 0.4) is 0 Å². The summed E-state index contributed by atoms with van der Waals surface area (Å²) in [4.78, 5) is 17.2. The van der Waals surface area contributed by atoms with Gasteiger partial charge in [0.25, 0.3) is 0 Å². The van der Waals surface area contributed by atoms with Crippen molar-refractivity contribution in [2.45, 2.75) is 40.2 Å². The highest BCUT2D eigenvalue weighted by Gasteiger charge is 2.15. The number of pyridine rings is 1. The van der Waals surface area contributed by atoms with Gasteiger partial charge < -0.3 is 14.5 Å². The number of rotatable bonds is 5. The van der Waals surface area contributed by atoms with Gasteiger partial charge >= 0.3 is 0 Å². The molecular formula is C20H23N3O2. The highest BCUT2D eigenvalue weighted by atomic mass is 16.5. The molecule has 0 saturated heterocycles. The molecule has 5 nitrogen and oxygen atoms in total. The number of hydrogen-bond acceptors (Lipinski definition) is 3. The molecule has 0 spiro atoms. The molecule has 3 aromatic rings. The minimum atomic E-state index is -0.0915. The second-order valence-corrected chi connectivity index (χ2v) is 6.42. The molecule has 1 N–H and O–H groups in total. The van der Waals surface area contributed by atoms with Crippen LogP contribution < -0.4 is 10.1 Å². The average molecular weight is 337 g/mol. The summed E-state index contributed by atoms with van der Waals surface area (Å²) < 4.78 is 7.75. The molecule has 0 aliphatic carbocycles. The summed E-state index contributed by atoms with van der Waals surface area (Å²) >= 11 is 0. The van der Waals surface area contributed by atoms with E-state index in [-0.39, 0.29) is 18.4 Å². The van der Waals surface area contributed by atoms with Crippen LogP contribution in [0, 0.1) is 13.8 Å². The molecule has 0 atom stereocenters. The number of carbonyl (C=O) groups excluding carboxylic acids is 1. The fourth-order valence-electron chi connectivity index (χ4n) is 2.85. The van der Waals surface area contributed by atoms with Crippen molar-refractivity contribution < 1.29 is 9.53 Å². The lowest BCUT2D eigenvalue weighted by molar-refractivity contribution is -0.115. The largest absolute Gasteiger partial charge is 0.489 e. The Balaban J connectivity index is 1.83. The number of amides is 1. The number of aryl methyl sites for hydroxylation is 2. The smallest absolute Gasteiger partial charge is 0.230 e. The molecule has 3 rings (SSSR count). The second-order valence-electron chi connectivity index (χ2n) is 6.42. The molecule has 25 heavy (non-hydrogen) atoms. The summed E-state index contributed by atoms with van der Waals surface area (Å²) in [6.45, 7) is 7.88. The Hall–Kier alpha value is -2.82. The Kier molecular flexibility index (Phi) is 4.74. The lowest BCUT2D eigenvalue weighted by atomic mass is 10.2. The summed E-state index contributed by atoms with van der Waals surface area (Å²) in [6, 6.07) is 11.5. The first-order chi connectivity index (χ1) is 12.0. The maximum absolute atomic E-state index is 12.6. The first kappa shape index (κ1) is 17.0. The van der Waals surface area contributed by atoms with Crippen molar-refractivity contribution >= 4 is 17.2 Å². The van der Waals surface area contributed by atoms with Crippen LogP contribution in [0.5, 0.6) is 5.75 Å². The van der Waals surface area contributed by atoms with E-state index in [0.29, 0.717) is 11.4 Å². The zero-order chi connectivity index (χ0) is 18.0. The van der Waals surface area contributed by atoms with Gasteiger partial charge in [-0.1, -0.05) is 18.2 Å². The fraction of sp³-hybridized carbons (Fsp3) is 0.300.